The highest BCUT2D eigenvalue weighted by atomic mass is 31.1. The van der Waals surface area contributed by atoms with Crippen molar-refractivity contribution >= 4 is 14.2 Å². The van der Waals surface area contributed by atoms with Crippen LogP contribution in [0.15, 0.2) is 12.2 Å². The summed E-state index contributed by atoms with van der Waals surface area (Å²) >= 11 is 0. The van der Waals surface area contributed by atoms with Crippen LogP contribution in [0.25, 0.3) is 0 Å². The van der Waals surface area contributed by atoms with Gasteiger partial charge in [-0.2, -0.15) is 0 Å². The van der Waals surface area contributed by atoms with Gasteiger partial charge in [-0.25, -0.2) is 4.79 Å². The molecular weight excluding hydrogens is 319 g/mol. The minimum Gasteiger partial charge on any atom is -0.456 e. The summed E-state index contributed by atoms with van der Waals surface area (Å²) in [6, 6.07) is 0. The average molecular weight is 350 g/mol. The van der Waals surface area contributed by atoms with Gasteiger partial charge < -0.3 is 18.9 Å². The molecule has 136 valence electrons. The van der Waals surface area contributed by atoms with Gasteiger partial charge in [-0.3, -0.25) is 4.57 Å². The normalized spacial score (nSPS) is 16.5. The van der Waals surface area contributed by atoms with Crippen LogP contribution in [-0.2, 0) is 23.4 Å². The van der Waals surface area contributed by atoms with Crippen molar-refractivity contribution < 1.29 is 28.3 Å². The van der Waals surface area contributed by atoms with Crippen LogP contribution in [0.2, 0.25) is 0 Å². The maximum Gasteiger partial charge on any atom is 0.333 e. The van der Waals surface area contributed by atoms with E-state index in [9.17, 15) is 9.36 Å². The van der Waals surface area contributed by atoms with E-state index in [2.05, 4.69) is 6.58 Å². The van der Waals surface area contributed by atoms with E-state index in [0.29, 0.717) is 12.2 Å². The van der Waals surface area contributed by atoms with Gasteiger partial charge in [0.25, 0.3) is 0 Å². The molecule has 0 bridgehead atoms. The van der Waals surface area contributed by atoms with E-state index in [1.54, 1.807) is 6.92 Å². The van der Waals surface area contributed by atoms with Crippen molar-refractivity contribution in [3.63, 3.8) is 0 Å². The molecule has 3 unspecified atom stereocenters. The number of hydrogen-bond acceptors (Lipinski definition) is 5. The molecule has 0 fully saturated rings. The SMILES string of the molecule is C=C(C)C(=O)OC(C)(C)C(C)COC(C)(C)C(C)CO[PH](=O)O. The summed E-state index contributed by atoms with van der Waals surface area (Å²) in [6.45, 7) is 17.0. The highest BCUT2D eigenvalue weighted by Crippen LogP contribution is 2.29. The highest BCUT2D eigenvalue weighted by molar-refractivity contribution is 7.32. The monoisotopic (exact) mass is 350 g/mol. The van der Waals surface area contributed by atoms with Gasteiger partial charge in [0, 0.05) is 17.4 Å². The topological polar surface area (TPSA) is 82.1 Å². The lowest BCUT2D eigenvalue weighted by molar-refractivity contribution is -0.162. The molecule has 0 aromatic heterocycles. The summed E-state index contributed by atoms with van der Waals surface area (Å²) in [7, 11) is -2.94. The number of carbonyl (C=O) groups is 1. The largest absolute Gasteiger partial charge is 0.456 e. The minimum atomic E-state index is -2.94. The molecule has 0 radical (unpaired) electrons. The Balaban J connectivity index is 4.59. The maximum absolute atomic E-state index is 11.7. The van der Waals surface area contributed by atoms with Crippen molar-refractivity contribution in [2.24, 2.45) is 11.8 Å². The zero-order chi connectivity index (χ0) is 18.4. The van der Waals surface area contributed by atoms with Crippen LogP contribution in [0.1, 0.15) is 48.5 Å². The van der Waals surface area contributed by atoms with E-state index >= 15 is 0 Å². The van der Waals surface area contributed by atoms with Crippen molar-refractivity contribution in [1.29, 1.82) is 0 Å². The fourth-order valence-electron chi connectivity index (χ4n) is 1.51. The van der Waals surface area contributed by atoms with Gasteiger partial charge in [0.2, 0.25) is 0 Å². The van der Waals surface area contributed by atoms with Crippen LogP contribution < -0.4 is 0 Å². The van der Waals surface area contributed by atoms with Crippen LogP contribution in [0.3, 0.4) is 0 Å². The highest BCUT2D eigenvalue weighted by Gasteiger charge is 2.34. The third-order valence-corrected chi connectivity index (χ3v) is 4.65. The average Bonchev–Trinajstić information content (AvgIpc) is 2.41. The van der Waals surface area contributed by atoms with Gasteiger partial charge in [-0.1, -0.05) is 20.4 Å². The van der Waals surface area contributed by atoms with Gasteiger partial charge in [0.15, 0.2) is 0 Å². The molecule has 7 heteroatoms. The standard InChI is InChI=1S/C16H31O6P/c1-11(2)14(17)22-16(7,8)12(3)9-20-15(5,6)13(4)10-21-23(18)19/h12-13,23H,1,9-10H2,2-8H3,(H,18,19). The van der Waals surface area contributed by atoms with Crippen LogP contribution >= 0.6 is 8.25 Å². The number of esters is 1. The second-order valence-electron chi connectivity index (χ2n) is 7.07. The first-order valence-electron chi connectivity index (χ1n) is 7.68. The predicted octanol–water partition coefficient (Wildman–Crippen LogP) is 3.35. The summed E-state index contributed by atoms with van der Waals surface area (Å²) in [6.07, 6.45) is 0. The van der Waals surface area contributed by atoms with Gasteiger partial charge in [0.05, 0.1) is 18.8 Å². The second kappa shape index (κ2) is 8.97. The number of ether oxygens (including phenoxy) is 2. The Labute approximate surface area is 140 Å². The van der Waals surface area contributed by atoms with Crippen molar-refractivity contribution in [3.8, 4) is 0 Å². The first-order chi connectivity index (χ1) is 10.3. The van der Waals surface area contributed by atoms with Crippen LogP contribution in [0.5, 0.6) is 0 Å². The lowest BCUT2D eigenvalue weighted by Gasteiger charge is -2.36. The van der Waals surface area contributed by atoms with Crippen LogP contribution in [0.4, 0.5) is 0 Å². The Bertz CT molecular complexity index is 444. The van der Waals surface area contributed by atoms with Crippen molar-refractivity contribution in [1.82, 2.24) is 0 Å². The summed E-state index contributed by atoms with van der Waals surface area (Å²) in [4.78, 5) is 20.4. The second-order valence-corrected chi connectivity index (χ2v) is 7.89. The molecule has 3 atom stereocenters. The molecule has 0 amide bonds. The first-order valence-corrected chi connectivity index (χ1v) is 8.94. The lowest BCUT2D eigenvalue weighted by Crippen LogP contribution is -2.42. The first kappa shape index (κ1) is 22.3. The van der Waals surface area contributed by atoms with Gasteiger partial charge in [-0.05, 0) is 34.6 Å². The summed E-state index contributed by atoms with van der Waals surface area (Å²) in [5.41, 5.74) is -0.876. The maximum atomic E-state index is 11.7. The van der Waals surface area contributed by atoms with Gasteiger partial charge in [0.1, 0.15) is 5.60 Å². The van der Waals surface area contributed by atoms with Gasteiger partial charge in [-0.15, -0.1) is 0 Å². The Morgan fingerprint density at radius 3 is 2.04 bits per heavy atom. The Kier molecular flexibility index (Phi) is 8.71. The lowest BCUT2D eigenvalue weighted by atomic mass is 9.91. The van der Waals surface area contributed by atoms with Crippen LogP contribution in [-0.4, -0.2) is 35.3 Å². The molecule has 0 rings (SSSR count). The Hall–Kier alpha value is -0.680. The Morgan fingerprint density at radius 1 is 1.13 bits per heavy atom. The molecule has 0 aromatic rings. The number of carbonyl (C=O) groups excluding carboxylic acids is 1. The molecule has 0 aliphatic rings. The molecule has 0 aliphatic carbocycles. The van der Waals surface area contributed by atoms with Crippen molar-refractivity contribution in [3.05, 3.63) is 12.2 Å². The smallest absolute Gasteiger partial charge is 0.333 e. The zero-order valence-corrected chi connectivity index (χ0v) is 16.3. The van der Waals surface area contributed by atoms with E-state index in [1.807, 2.05) is 41.5 Å². The van der Waals surface area contributed by atoms with Gasteiger partial charge >= 0.3 is 14.2 Å². The molecule has 23 heavy (non-hydrogen) atoms. The summed E-state index contributed by atoms with van der Waals surface area (Å²) in [5, 5.41) is 0. The molecule has 6 nitrogen and oxygen atoms in total. The fourth-order valence-corrected chi connectivity index (χ4v) is 1.90. The number of hydrogen-bond donors (Lipinski definition) is 1. The third-order valence-electron chi connectivity index (χ3n) is 4.24. The molecule has 0 aromatic carbocycles. The van der Waals surface area contributed by atoms with Crippen LogP contribution in [0, 0.1) is 11.8 Å². The zero-order valence-electron chi connectivity index (χ0n) is 15.3. The van der Waals surface area contributed by atoms with E-state index in [4.69, 9.17) is 18.9 Å². The van der Waals surface area contributed by atoms with Crippen molar-refractivity contribution in [2.75, 3.05) is 13.2 Å². The third kappa shape index (κ3) is 8.11. The summed E-state index contributed by atoms with van der Waals surface area (Å²) in [5.74, 6) is -0.539. The Morgan fingerprint density at radius 2 is 1.61 bits per heavy atom. The van der Waals surface area contributed by atoms with E-state index < -0.39 is 25.4 Å². The molecule has 0 heterocycles. The molecule has 0 spiro atoms. The molecule has 0 aliphatic heterocycles. The molecule has 0 saturated heterocycles. The quantitative estimate of drug-likeness (QED) is 0.370. The number of rotatable bonds is 10. The van der Waals surface area contributed by atoms with E-state index in [0.717, 1.165) is 0 Å². The molecule has 0 saturated carbocycles. The van der Waals surface area contributed by atoms with E-state index in [-0.39, 0.29) is 18.4 Å². The van der Waals surface area contributed by atoms with E-state index in [1.165, 1.54) is 0 Å². The molecule has 1 N–H and O–H groups in total. The van der Waals surface area contributed by atoms with Crippen molar-refractivity contribution in [2.45, 2.75) is 59.7 Å². The summed E-state index contributed by atoms with van der Waals surface area (Å²) < 4.78 is 26.8. The predicted molar refractivity (Wildman–Crippen MR) is 90.5 cm³/mol. The minimum absolute atomic E-state index is 0.0461. The molecular formula is C16H31O6P. The fraction of sp³-hybridized carbons (Fsp3) is 0.812.